The van der Waals surface area contributed by atoms with Crippen LogP contribution in [-0.2, 0) is 16.6 Å². The highest BCUT2D eigenvalue weighted by Crippen LogP contribution is 2.34. The highest BCUT2D eigenvalue weighted by atomic mass is 32.2. The van der Waals surface area contributed by atoms with Crippen molar-refractivity contribution in [3.05, 3.63) is 30.5 Å². The molecule has 1 aliphatic rings. The summed E-state index contributed by atoms with van der Waals surface area (Å²) in [4.78, 5) is 4.31. The lowest BCUT2D eigenvalue weighted by molar-refractivity contribution is -0.0541. The number of aryl methyl sites for hydroxylation is 1. The van der Waals surface area contributed by atoms with Gasteiger partial charge in [0.1, 0.15) is 11.0 Å². The Morgan fingerprint density at radius 2 is 2.08 bits per heavy atom. The van der Waals surface area contributed by atoms with Crippen molar-refractivity contribution in [2.75, 3.05) is 38.4 Å². The first kappa shape index (κ1) is 25.2. The summed E-state index contributed by atoms with van der Waals surface area (Å²) in [5.41, 5.74) is 3.46. The van der Waals surface area contributed by atoms with Crippen molar-refractivity contribution in [2.24, 2.45) is 0 Å². The predicted molar refractivity (Wildman–Crippen MR) is 130 cm³/mol. The average molecular weight is 539 g/mol. The van der Waals surface area contributed by atoms with Crippen LogP contribution in [0.1, 0.15) is 12.8 Å². The molecular weight excluding hydrogens is 513 g/mol. The van der Waals surface area contributed by atoms with Gasteiger partial charge >= 0.3 is 0 Å². The van der Waals surface area contributed by atoms with Crippen molar-refractivity contribution < 1.29 is 26.3 Å². The van der Waals surface area contributed by atoms with Crippen LogP contribution in [0.25, 0.3) is 27.7 Å². The molecule has 3 aromatic heterocycles. The molecule has 1 atom stereocenters. The van der Waals surface area contributed by atoms with Gasteiger partial charge in [-0.15, -0.1) is 10.2 Å². The Kier molecular flexibility index (Phi) is 6.43. The first-order chi connectivity index (χ1) is 17.6. The first-order valence-electron chi connectivity index (χ1n) is 11.5. The standard InChI is InChI=1S/C22H25F3N8O3S/c1-36-20-19-15(14-4-5-16-17(12-14)32(30-28-16)9-3-8-23)6-11-33(19)29-21(27-20)26-18-7-10-31(37(2,34)35)13-22(18,24)25/h4-6,11-12,18H,3,7-10,13H2,1-2H3,(H,26,29)/t18-/m1/s1. The number of nitrogens with zero attached hydrogens (tertiary/aromatic N) is 7. The molecule has 5 rings (SSSR count). The number of halogens is 3. The van der Waals surface area contributed by atoms with E-state index in [1.165, 1.54) is 11.6 Å². The molecule has 1 aromatic carbocycles. The Morgan fingerprint density at radius 1 is 1.27 bits per heavy atom. The van der Waals surface area contributed by atoms with E-state index in [2.05, 4.69) is 25.7 Å². The van der Waals surface area contributed by atoms with E-state index < -0.39 is 35.2 Å². The minimum absolute atomic E-state index is 0.0433. The second kappa shape index (κ2) is 9.45. The molecule has 198 valence electrons. The third-order valence-corrected chi connectivity index (χ3v) is 7.59. The smallest absolute Gasteiger partial charge is 0.281 e. The van der Waals surface area contributed by atoms with Gasteiger partial charge < -0.3 is 10.1 Å². The van der Waals surface area contributed by atoms with Crippen molar-refractivity contribution in [1.82, 2.24) is 33.9 Å². The van der Waals surface area contributed by atoms with Gasteiger partial charge in [-0.1, -0.05) is 11.3 Å². The normalized spacial score (nSPS) is 18.5. The van der Waals surface area contributed by atoms with Gasteiger partial charge in [0.15, 0.2) is 0 Å². The van der Waals surface area contributed by atoms with E-state index in [-0.39, 0.29) is 24.8 Å². The number of nitrogens with one attached hydrogen (secondary N) is 1. The number of benzene rings is 1. The topological polar surface area (TPSA) is 120 Å². The van der Waals surface area contributed by atoms with Crippen LogP contribution in [0.4, 0.5) is 19.1 Å². The second-order valence-electron chi connectivity index (χ2n) is 8.87. The van der Waals surface area contributed by atoms with E-state index in [1.54, 1.807) is 23.0 Å². The Morgan fingerprint density at radius 3 is 2.78 bits per heavy atom. The number of aromatic nitrogens is 6. The van der Waals surface area contributed by atoms with E-state index >= 15 is 0 Å². The molecule has 0 aliphatic carbocycles. The number of methoxy groups -OCH3 is 1. The molecule has 4 aromatic rings. The van der Waals surface area contributed by atoms with Gasteiger partial charge in [0.2, 0.25) is 21.9 Å². The fourth-order valence-corrected chi connectivity index (χ4v) is 5.30. The quantitative estimate of drug-likeness (QED) is 0.364. The summed E-state index contributed by atoms with van der Waals surface area (Å²) in [5, 5.41) is 15.2. The Labute approximate surface area is 210 Å². The largest absolute Gasteiger partial charge is 0.479 e. The average Bonchev–Trinajstić information content (AvgIpc) is 3.46. The molecule has 1 fully saturated rings. The molecule has 11 nitrogen and oxygen atoms in total. The molecule has 0 amide bonds. The maximum Gasteiger partial charge on any atom is 0.281 e. The molecule has 0 spiro atoms. The number of anilines is 1. The molecular formula is C22H25F3N8O3S. The van der Waals surface area contributed by atoms with Crippen molar-refractivity contribution in [1.29, 1.82) is 0 Å². The van der Waals surface area contributed by atoms with Crippen LogP contribution in [0, 0.1) is 0 Å². The summed E-state index contributed by atoms with van der Waals surface area (Å²) in [5.74, 6) is -3.24. The van der Waals surface area contributed by atoms with Crippen LogP contribution < -0.4 is 10.1 Å². The lowest BCUT2D eigenvalue weighted by Crippen LogP contribution is -2.55. The monoisotopic (exact) mass is 538 g/mol. The van der Waals surface area contributed by atoms with Crippen LogP contribution in [0.5, 0.6) is 5.88 Å². The summed E-state index contributed by atoms with van der Waals surface area (Å²) in [6.07, 6.45) is 2.77. The van der Waals surface area contributed by atoms with Crippen LogP contribution in [-0.4, -0.2) is 87.4 Å². The summed E-state index contributed by atoms with van der Waals surface area (Å²) in [6, 6.07) is 5.98. The molecule has 15 heteroatoms. The molecule has 1 aliphatic heterocycles. The van der Waals surface area contributed by atoms with Crippen molar-refractivity contribution in [2.45, 2.75) is 31.4 Å². The summed E-state index contributed by atoms with van der Waals surface area (Å²) >= 11 is 0. The van der Waals surface area contributed by atoms with Crippen molar-refractivity contribution >= 4 is 32.5 Å². The molecule has 1 N–H and O–H groups in total. The molecule has 0 bridgehead atoms. The van der Waals surface area contributed by atoms with Crippen molar-refractivity contribution in [3.63, 3.8) is 0 Å². The molecule has 1 saturated heterocycles. The minimum atomic E-state index is -3.73. The highest BCUT2D eigenvalue weighted by Gasteiger charge is 2.47. The van der Waals surface area contributed by atoms with Gasteiger partial charge in [-0.05, 0) is 36.6 Å². The number of fused-ring (bicyclic) bond motifs is 2. The van der Waals surface area contributed by atoms with Gasteiger partial charge in [-0.2, -0.15) is 9.29 Å². The number of hydrogen-bond acceptors (Lipinski definition) is 8. The van der Waals surface area contributed by atoms with E-state index in [4.69, 9.17) is 4.74 Å². The Hall–Kier alpha value is -3.46. The molecule has 37 heavy (non-hydrogen) atoms. The molecule has 4 heterocycles. The van der Waals surface area contributed by atoms with E-state index in [1.807, 2.05) is 12.1 Å². The van der Waals surface area contributed by atoms with Gasteiger partial charge in [0.25, 0.3) is 5.92 Å². The third-order valence-electron chi connectivity index (χ3n) is 6.34. The number of piperidine rings is 1. The van der Waals surface area contributed by atoms with E-state index in [0.29, 0.717) is 24.0 Å². The van der Waals surface area contributed by atoms with Gasteiger partial charge in [0, 0.05) is 24.8 Å². The molecule has 0 radical (unpaired) electrons. The maximum atomic E-state index is 14.8. The van der Waals surface area contributed by atoms with Crippen LogP contribution in [0.2, 0.25) is 0 Å². The van der Waals surface area contributed by atoms with Gasteiger partial charge in [-0.25, -0.2) is 26.4 Å². The lowest BCUT2D eigenvalue weighted by atomic mass is 10.0. The zero-order chi connectivity index (χ0) is 26.4. The predicted octanol–water partition coefficient (Wildman–Crippen LogP) is 2.59. The number of sulfonamides is 1. The summed E-state index contributed by atoms with van der Waals surface area (Å²) in [7, 11) is -2.31. The lowest BCUT2D eigenvalue weighted by Gasteiger charge is -2.37. The zero-order valence-corrected chi connectivity index (χ0v) is 20.9. The summed E-state index contributed by atoms with van der Waals surface area (Å²) in [6.45, 7) is -1.03. The molecule has 0 saturated carbocycles. The highest BCUT2D eigenvalue weighted by molar-refractivity contribution is 7.88. The number of rotatable bonds is 8. The SMILES string of the molecule is COc1nc(N[C@@H]2CCN(S(C)(=O)=O)CC2(F)F)nn2ccc(-c3ccc4nnn(CCCF)c4c3)c12. The second-order valence-corrected chi connectivity index (χ2v) is 10.9. The Balaban J connectivity index is 1.47. The Bertz CT molecular complexity index is 1560. The van der Waals surface area contributed by atoms with Crippen LogP contribution in [0.15, 0.2) is 30.5 Å². The van der Waals surface area contributed by atoms with Crippen molar-refractivity contribution in [3.8, 4) is 17.0 Å². The minimum Gasteiger partial charge on any atom is -0.479 e. The van der Waals surface area contributed by atoms with Gasteiger partial charge in [-0.3, -0.25) is 4.39 Å². The summed E-state index contributed by atoms with van der Waals surface area (Å²) < 4.78 is 75.0. The fourth-order valence-electron chi connectivity index (χ4n) is 4.46. The number of alkyl halides is 3. The number of ether oxygens (including phenoxy) is 1. The third kappa shape index (κ3) is 4.80. The van der Waals surface area contributed by atoms with Crippen LogP contribution in [0.3, 0.4) is 0 Å². The fraction of sp³-hybridized carbons (Fsp3) is 0.455. The van der Waals surface area contributed by atoms with Gasteiger partial charge in [0.05, 0.1) is 38.1 Å². The van der Waals surface area contributed by atoms with E-state index in [9.17, 15) is 21.6 Å². The first-order valence-corrected chi connectivity index (χ1v) is 13.4. The number of hydrogen-bond donors (Lipinski definition) is 1. The van der Waals surface area contributed by atoms with Crippen LogP contribution >= 0.6 is 0 Å². The zero-order valence-electron chi connectivity index (χ0n) is 20.1. The molecule has 0 unspecified atom stereocenters. The van der Waals surface area contributed by atoms with E-state index in [0.717, 1.165) is 27.2 Å². The maximum absolute atomic E-state index is 14.8.